The van der Waals surface area contributed by atoms with Crippen LogP contribution in [-0.4, -0.2) is 35.0 Å². The SMILES string of the molecule is CC(C)OCCC(=O)N(CCc1ccccc1)Cc1ccncc1. The van der Waals surface area contributed by atoms with E-state index in [1.165, 1.54) is 5.56 Å². The molecule has 0 radical (unpaired) electrons. The van der Waals surface area contributed by atoms with Crippen LogP contribution in [0.5, 0.6) is 0 Å². The fraction of sp³-hybridized carbons (Fsp3) is 0.400. The zero-order valence-corrected chi connectivity index (χ0v) is 14.5. The van der Waals surface area contributed by atoms with Crippen LogP contribution in [0.25, 0.3) is 0 Å². The summed E-state index contributed by atoms with van der Waals surface area (Å²) in [5.41, 5.74) is 2.33. The van der Waals surface area contributed by atoms with Gasteiger partial charge in [-0.2, -0.15) is 0 Å². The van der Waals surface area contributed by atoms with E-state index in [9.17, 15) is 4.79 Å². The average Bonchev–Trinajstić information content (AvgIpc) is 2.60. The minimum atomic E-state index is 0.128. The van der Waals surface area contributed by atoms with Crippen molar-refractivity contribution in [3.63, 3.8) is 0 Å². The Balaban J connectivity index is 1.96. The summed E-state index contributed by atoms with van der Waals surface area (Å²) in [6.07, 6.45) is 4.94. The molecule has 0 saturated carbocycles. The van der Waals surface area contributed by atoms with E-state index in [-0.39, 0.29) is 12.0 Å². The molecule has 1 heterocycles. The maximum Gasteiger partial charge on any atom is 0.225 e. The number of benzene rings is 1. The summed E-state index contributed by atoms with van der Waals surface area (Å²) in [4.78, 5) is 18.5. The highest BCUT2D eigenvalue weighted by Gasteiger charge is 2.14. The molecular weight excluding hydrogens is 300 g/mol. The molecule has 4 heteroatoms. The summed E-state index contributed by atoms with van der Waals surface area (Å²) >= 11 is 0. The summed E-state index contributed by atoms with van der Waals surface area (Å²) in [6, 6.07) is 14.2. The maximum atomic E-state index is 12.6. The molecule has 1 aromatic heterocycles. The number of nitrogens with zero attached hydrogens (tertiary/aromatic N) is 2. The summed E-state index contributed by atoms with van der Waals surface area (Å²) in [7, 11) is 0. The van der Waals surface area contributed by atoms with Crippen LogP contribution in [0.4, 0.5) is 0 Å². The van der Waals surface area contributed by atoms with Gasteiger partial charge in [-0.3, -0.25) is 9.78 Å². The Morgan fingerprint density at radius 3 is 2.46 bits per heavy atom. The molecule has 1 aromatic carbocycles. The highest BCUT2D eigenvalue weighted by molar-refractivity contribution is 5.76. The van der Waals surface area contributed by atoms with Gasteiger partial charge in [-0.05, 0) is 43.5 Å². The van der Waals surface area contributed by atoms with E-state index >= 15 is 0 Å². The summed E-state index contributed by atoms with van der Waals surface area (Å²) < 4.78 is 5.52. The first-order chi connectivity index (χ1) is 11.6. The zero-order chi connectivity index (χ0) is 17.2. The Morgan fingerprint density at radius 1 is 1.08 bits per heavy atom. The van der Waals surface area contributed by atoms with Crippen LogP contribution in [-0.2, 0) is 22.5 Å². The lowest BCUT2D eigenvalue weighted by Crippen LogP contribution is -2.33. The van der Waals surface area contributed by atoms with Gasteiger partial charge in [-0.1, -0.05) is 30.3 Å². The third-order valence-electron chi connectivity index (χ3n) is 3.76. The van der Waals surface area contributed by atoms with Gasteiger partial charge in [0, 0.05) is 25.5 Å². The van der Waals surface area contributed by atoms with E-state index in [1.54, 1.807) is 12.4 Å². The predicted octanol–water partition coefficient (Wildman–Crippen LogP) is 3.47. The summed E-state index contributed by atoms with van der Waals surface area (Å²) in [5.74, 6) is 0.128. The Kier molecular flexibility index (Phi) is 7.43. The van der Waals surface area contributed by atoms with Crippen molar-refractivity contribution in [1.29, 1.82) is 0 Å². The number of rotatable bonds is 9. The van der Waals surface area contributed by atoms with E-state index in [0.717, 1.165) is 12.0 Å². The maximum absolute atomic E-state index is 12.6. The van der Waals surface area contributed by atoms with E-state index in [1.807, 2.05) is 49.1 Å². The molecule has 128 valence electrons. The lowest BCUT2D eigenvalue weighted by molar-refractivity contribution is -0.133. The second-order valence-corrected chi connectivity index (χ2v) is 6.08. The fourth-order valence-corrected chi connectivity index (χ4v) is 2.45. The zero-order valence-electron chi connectivity index (χ0n) is 14.5. The number of hydrogen-bond acceptors (Lipinski definition) is 3. The number of carbonyl (C=O) groups excluding carboxylic acids is 1. The predicted molar refractivity (Wildman–Crippen MR) is 95.5 cm³/mol. The number of hydrogen-bond donors (Lipinski definition) is 0. The lowest BCUT2D eigenvalue weighted by atomic mass is 10.1. The number of amides is 1. The minimum absolute atomic E-state index is 0.128. The molecule has 0 aliphatic heterocycles. The Labute approximate surface area is 144 Å². The van der Waals surface area contributed by atoms with Crippen molar-refractivity contribution in [1.82, 2.24) is 9.88 Å². The molecule has 0 unspecified atom stereocenters. The molecule has 0 saturated heterocycles. The van der Waals surface area contributed by atoms with Gasteiger partial charge in [0.25, 0.3) is 0 Å². The second kappa shape index (κ2) is 9.83. The number of pyridine rings is 1. The molecule has 0 spiro atoms. The monoisotopic (exact) mass is 326 g/mol. The van der Waals surface area contributed by atoms with Crippen LogP contribution in [0.1, 0.15) is 31.4 Å². The molecule has 0 fully saturated rings. The molecule has 0 aliphatic rings. The first-order valence-electron chi connectivity index (χ1n) is 8.47. The quantitative estimate of drug-likeness (QED) is 0.708. The van der Waals surface area contributed by atoms with Crippen LogP contribution < -0.4 is 0 Å². The molecule has 0 aliphatic carbocycles. The normalized spacial score (nSPS) is 10.8. The van der Waals surface area contributed by atoms with Crippen molar-refractivity contribution >= 4 is 5.91 Å². The molecule has 24 heavy (non-hydrogen) atoms. The average molecular weight is 326 g/mol. The highest BCUT2D eigenvalue weighted by Crippen LogP contribution is 2.09. The van der Waals surface area contributed by atoms with E-state index in [4.69, 9.17) is 4.74 Å². The van der Waals surface area contributed by atoms with Gasteiger partial charge >= 0.3 is 0 Å². The van der Waals surface area contributed by atoms with Crippen molar-refractivity contribution in [2.24, 2.45) is 0 Å². The molecule has 2 aromatic rings. The van der Waals surface area contributed by atoms with E-state index in [2.05, 4.69) is 17.1 Å². The first-order valence-corrected chi connectivity index (χ1v) is 8.47. The topological polar surface area (TPSA) is 42.4 Å². The fourth-order valence-electron chi connectivity index (χ4n) is 2.45. The molecular formula is C20H26N2O2. The van der Waals surface area contributed by atoms with Gasteiger partial charge in [-0.25, -0.2) is 0 Å². The van der Waals surface area contributed by atoms with Crippen molar-refractivity contribution < 1.29 is 9.53 Å². The standard InChI is InChI=1S/C20H26N2O2/c1-17(2)24-15-11-20(23)22(16-19-8-12-21-13-9-19)14-10-18-6-4-3-5-7-18/h3-9,12-13,17H,10-11,14-16H2,1-2H3. The van der Waals surface area contributed by atoms with E-state index in [0.29, 0.717) is 26.1 Å². The van der Waals surface area contributed by atoms with Crippen LogP contribution in [0.3, 0.4) is 0 Å². The Morgan fingerprint density at radius 2 is 1.79 bits per heavy atom. The third-order valence-corrected chi connectivity index (χ3v) is 3.76. The second-order valence-electron chi connectivity index (χ2n) is 6.08. The largest absolute Gasteiger partial charge is 0.378 e. The van der Waals surface area contributed by atoms with Crippen molar-refractivity contribution in [2.45, 2.75) is 39.3 Å². The summed E-state index contributed by atoms with van der Waals surface area (Å²) in [6.45, 7) is 5.74. The van der Waals surface area contributed by atoms with Gasteiger partial charge in [0.1, 0.15) is 0 Å². The smallest absolute Gasteiger partial charge is 0.225 e. The molecule has 0 atom stereocenters. The van der Waals surface area contributed by atoms with Crippen LogP contribution in [0, 0.1) is 0 Å². The lowest BCUT2D eigenvalue weighted by Gasteiger charge is -2.23. The van der Waals surface area contributed by atoms with Crippen LogP contribution in [0.2, 0.25) is 0 Å². The summed E-state index contributed by atoms with van der Waals surface area (Å²) in [5, 5.41) is 0. The Hall–Kier alpha value is -2.20. The van der Waals surface area contributed by atoms with Gasteiger partial charge in [0.05, 0.1) is 19.1 Å². The molecule has 0 bridgehead atoms. The van der Waals surface area contributed by atoms with Crippen molar-refractivity contribution in [2.75, 3.05) is 13.2 Å². The molecule has 2 rings (SSSR count). The number of carbonyl (C=O) groups is 1. The van der Waals surface area contributed by atoms with Gasteiger partial charge < -0.3 is 9.64 Å². The number of ether oxygens (including phenoxy) is 1. The highest BCUT2D eigenvalue weighted by atomic mass is 16.5. The first kappa shape index (κ1) is 18.1. The van der Waals surface area contributed by atoms with Crippen molar-refractivity contribution in [3.05, 3.63) is 66.0 Å². The minimum Gasteiger partial charge on any atom is -0.378 e. The van der Waals surface area contributed by atoms with Gasteiger partial charge in [0.2, 0.25) is 5.91 Å². The molecule has 0 N–H and O–H groups in total. The van der Waals surface area contributed by atoms with Gasteiger partial charge in [-0.15, -0.1) is 0 Å². The van der Waals surface area contributed by atoms with Crippen LogP contribution >= 0.6 is 0 Å². The third kappa shape index (κ3) is 6.50. The van der Waals surface area contributed by atoms with Gasteiger partial charge in [0.15, 0.2) is 0 Å². The molecule has 4 nitrogen and oxygen atoms in total. The molecule has 1 amide bonds. The number of aromatic nitrogens is 1. The Bertz CT molecular complexity index is 600. The van der Waals surface area contributed by atoms with E-state index < -0.39 is 0 Å². The van der Waals surface area contributed by atoms with Crippen LogP contribution in [0.15, 0.2) is 54.9 Å². The van der Waals surface area contributed by atoms with Crippen molar-refractivity contribution in [3.8, 4) is 0 Å².